The third-order valence-corrected chi connectivity index (χ3v) is 5.00. The minimum absolute atomic E-state index is 0.00493. The van der Waals surface area contributed by atoms with Crippen LogP contribution in [0.3, 0.4) is 0 Å². The summed E-state index contributed by atoms with van der Waals surface area (Å²) in [5, 5.41) is 14.9. The van der Waals surface area contributed by atoms with Crippen molar-refractivity contribution in [1.82, 2.24) is 0 Å². The molecule has 3 rings (SSSR count). The van der Waals surface area contributed by atoms with Crippen LogP contribution in [-0.2, 0) is 16.1 Å². The Bertz CT molecular complexity index is 1160. The largest absolute Gasteiger partial charge is 0.367 e. The summed E-state index contributed by atoms with van der Waals surface area (Å²) in [4.78, 5) is 25.9. The summed E-state index contributed by atoms with van der Waals surface area (Å²) >= 11 is 0. The van der Waals surface area contributed by atoms with Gasteiger partial charge in [0.25, 0.3) is 5.91 Å². The van der Waals surface area contributed by atoms with E-state index in [1.165, 1.54) is 12.5 Å². The number of amides is 2. The first-order chi connectivity index (χ1) is 16.0. The number of nitrogens with one attached hydrogen (secondary N) is 2. The fourth-order valence-corrected chi connectivity index (χ4v) is 3.32. The first kappa shape index (κ1) is 23.3. The highest BCUT2D eigenvalue weighted by molar-refractivity contribution is 6.09. The molecule has 0 aromatic heterocycles. The minimum atomic E-state index is -0.492. The summed E-state index contributed by atoms with van der Waals surface area (Å²) in [6.45, 7) is 5.20. The number of hydrogen-bond donors (Lipinski definition) is 2. The van der Waals surface area contributed by atoms with Gasteiger partial charge in [-0.1, -0.05) is 42.5 Å². The smallest absolute Gasteiger partial charge is 0.266 e. The first-order valence-corrected chi connectivity index (χ1v) is 10.7. The molecule has 0 unspecified atom stereocenters. The fourth-order valence-electron chi connectivity index (χ4n) is 3.32. The molecule has 0 fully saturated rings. The average molecular weight is 439 g/mol. The molecular weight excluding hydrogens is 412 g/mol. The van der Waals surface area contributed by atoms with E-state index >= 15 is 0 Å². The van der Waals surface area contributed by atoms with Crippen molar-refractivity contribution in [3.63, 3.8) is 0 Å². The van der Waals surface area contributed by atoms with E-state index in [0.717, 1.165) is 24.3 Å². The van der Waals surface area contributed by atoms with E-state index in [1.54, 1.807) is 30.3 Å². The van der Waals surface area contributed by atoms with Crippen LogP contribution in [0, 0.1) is 11.3 Å². The fraction of sp³-hybridized carbons (Fsp3) is 0.148. The topological polar surface area (TPSA) is 85.2 Å². The average Bonchev–Trinajstić information content (AvgIpc) is 2.83. The molecule has 0 heterocycles. The quantitative estimate of drug-likeness (QED) is 0.373. The maximum atomic E-state index is 12.6. The Morgan fingerprint density at radius 2 is 1.52 bits per heavy atom. The second-order valence-electron chi connectivity index (χ2n) is 7.47. The van der Waals surface area contributed by atoms with Crippen molar-refractivity contribution in [2.75, 3.05) is 22.1 Å². The molecule has 0 bridgehead atoms. The molecule has 6 nitrogen and oxygen atoms in total. The van der Waals surface area contributed by atoms with Gasteiger partial charge in [-0.15, -0.1) is 0 Å². The Morgan fingerprint density at radius 1 is 0.909 bits per heavy atom. The van der Waals surface area contributed by atoms with Crippen LogP contribution in [0.2, 0.25) is 0 Å². The number of anilines is 3. The molecule has 0 aliphatic heterocycles. The Kier molecular flexibility index (Phi) is 7.98. The van der Waals surface area contributed by atoms with Gasteiger partial charge >= 0.3 is 0 Å². The van der Waals surface area contributed by atoms with Crippen LogP contribution >= 0.6 is 0 Å². The molecule has 166 valence electrons. The number of nitriles is 1. The summed E-state index contributed by atoms with van der Waals surface area (Å²) in [6.07, 6.45) is 1.57. The Morgan fingerprint density at radius 3 is 2.06 bits per heavy atom. The molecule has 0 atom stereocenters. The van der Waals surface area contributed by atoms with Crippen LogP contribution in [0.15, 0.2) is 84.4 Å². The molecule has 3 aromatic carbocycles. The Hall–Kier alpha value is -4.37. The standard InChI is InChI=1S/C27H26N4O2/c1-3-31(19-22-7-5-4-6-8-22)26-15-9-21(10-16-26)17-23(18-28)27(33)30-25-13-11-24(12-14-25)29-20(2)32/h4-17H,3,19H2,1-2H3,(H,29,32)(H,30,33)/b23-17+. The molecule has 2 N–H and O–H groups in total. The number of nitrogens with zero attached hydrogens (tertiary/aromatic N) is 2. The number of carbonyl (C=O) groups excluding carboxylic acids is 2. The zero-order chi connectivity index (χ0) is 23.6. The summed E-state index contributed by atoms with van der Waals surface area (Å²) < 4.78 is 0. The SMILES string of the molecule is CCN(Cc1ccccc1)c1ccc(/C=C(\C#N)C(=O)Nc2ccc(NC(C)=O)cc2)cc1. The van der Waals surface area contributed by atoms with Crippen LogP contribution in [-0.4, -0.2) is 18.4 Å². The van der Waals surface area contributed by atoms with Crippen LogP contribution in [0.4, 0.5) is 17.1 Å². The molecule has 0 spiro atoms. The number of hydrogen-bond acceptors (Lipinski definition) is 4. The molecule has 33 heavy (non-hydrogen) atoms. The third kappa shape index (κ3) is 6.81. The lowest BCUT2D eigenvalue weighted by Gasteiger charge is -2.23. The summed E-state index contributed by atoms with van der Waals surface area (Å²) in [5.41, 5.74) is 4.24. The second-order valence-corrected chi connectivity index (χ2v) is 7.47. The normalized spacial score (nSPS) is 10.8. The van der Waals surface area contributed by atoms with Gasteiger partial charge in [-0.25, -0.2) is 0 Å². The van der Waals surface area contributed by atoms with Gasteiger partial charge in [0.2, 0.25) is 5.91 Å². The molecule has 2 amide bonds. The van der Waals surface area contributed by atoms with Gasteiger partial charge in [-0.05, 0) is 60.5 Å². The van der Waals surface area contributed by atoms with Gasteiger partial charge in [0.15, 0.2) is 0 Å². The first-order valence-electron chi connectivity index (χ1n) is 10.7. The van der Waals surface area contributed by atoms with Gasteiger partial charge in [-0.2, -0.15) is 5.26 Å². The van der Waals surface area contributed by atoms with E-state index in [1.807, 2.05) is 48.5 Å². The number of benzene rings is 3. The lowest BCUT2D eigenvalue weighted by molar-refractivity contribution is -0.114. The van der Waals surface area contributed by atoms with Crippen molar-refractivity contribution < 1.29 is 9.59 Å². The van der Waals surface area contributed by atoms with Gasteiger partial charge in [0, 0.05) is 37.1 Å². The molecule has 3 aromatic rings. The van der Waals surface area contributed by atoms with Gasteiger partial charge in [0.05, 0.1) is 0 Å². The maximum absolute atomic E-state index is 12.6. The summed E-state index contributed by atoms with van der Waals surface area (Å²) in [5.74, 6) is -0.664. The van der Waals surface area contributed by atoms with Crippen molar-refractivity contribution in [1.29, 1.82) is 5.26 Å². The van der Waals surface area contributed by atoms with Crippen molar-refractivity contribution in [2.45, 2.75) is 20.4 Å². The van der Waals surface area contributed by atoms with E-state index in [4.69, 9.17) is 0 Å². The van der Waals surface area contributed by atoms with Crippen LogP contribution in [0.25, 0.3) is 6.08 Å². The number of carbonyl (C=O) groups is 2. The Labute approximate surface area is 194 Å². The third-order valence-electron chi connectivity index (χ3n) is 5.00. The molecule has 6 heteroatoms. The van der Waals surface area contributed by atoms with Crippen LogP contribution < -0.4 is 15.5 Å². The van der Waals surface area contributed by atoms with Gasteiger partial charge in [-0.3, -0.25) is 9.59 Å². The van der Waals surface area contributed by atoms with E-state index in [2.05, 4.69) is 34.6 Å². The summed E-state index contributed by atoms with van der Waals surface area (Å²) in [6, 6.07) is 26.7. The zero-order valence-electron chi connectivity index (χ0n) is 18.7. The number of rotatable bonds is 8. The van der Waals surface area contributed by atoms with Crippen LogP contribution in [0.1, 0.15) is 25.0 Å². The molecule has 0 saturated heterocycles. The van der Waals surface area contributed by atoms with Crippen molar-refractivity contribution in [3.05, 3.63) is 95.6 Å². The predicted molar refractivity (Wildman–Crippen MR) is 133 cm³/mol. The van der Waals surface area contributed by atoms with Crippen molar-refractivity contribution >= 4 is 35.0 Å². The zero-order valence-corrected chi connectivity index (χ0v) is 18.7. The van der Waals surface area contributed by atoms with E-state index < -0.39 is 5.91 Å². The minimum Gasteiger partial charge on any atom is -0.367 e. The molecule has 0 aliphatic carbocycles. The molecule has 0 saturated carbocycles. The van der Waals surface area contributed by atoms with E-state index in [-0.39, 0.29) is 11.5 Å². The Balaban J connectivity index is 1.68. The van der Waals surface area contributed by atoms with Crippen molar-refractivity contribution in [2.24, 2.45) is 0 Å². The predicted octanol–water partition coefficient (Wildman–Crippen LogP) is 5.22. The van der Waals surface area contributed by atoms with E-state index in [0.29, 0.717) is 11.4 Å². The highest BCUT2D eigenvalue weighted by atomic mass is 16.2. The maximum Gasteiger partial charge on any atom is 0.266 e. The van der Waals surface area contributed by atoms with E-state index in [9.17, 15) is 14.9 Å². The molecule has 0 aliphatic rings. The molecule has 0 radical (unpaired) electrons. The highest BCUT2D eigenvalue weighted by Crippen LogP contribution is 2.20. The van der Waals surface area contributed by atoms with Gasteiger partial charge in [0.1, 0.15) is 11.6 Å². The lowest BCUT2D eigenvalue weighted by Crippen LogP contribution is -2.21. The lowest BCUT2D eigenvalue weighted by atomic mass is 10.1. The molecular formula is C27H26N4O2. The van der Waals surface area contributed by atoms with Crippen molar-refractivity contribution in [3.8, 4) is 6.07 Å². The van der Waals surface area contributed by atoms with Crippen LogP contribution in [0.5, 0.6) is 0 Å². The highest BCUT2D eigenvalue weighted by Gasteiger charge is 2.10. The monoisotopic (exact) mass is 438 g/mol. The van der Waals surface area contributed by atoms with Gasteiger partial charge < -0.3 is 15.5 Å². The second kappa shape index (κ2) is 11.3. The summed E-state index contributed by atoms with van der Waals surface area (Å²) in [7, 11) is 0.